The van der Waals surface area contributed by atoms with Gasteiger partial charge >= 0.3 is 0 Å². The van der Waals surface area contributed by atoms with E-state index in [-0.39, 0.29) is 17.7 Å². The summed E-state index contributed by atoms with van der Waals surface area (Å²) in [4.78, 5) is 11.8. The van der Waals surface area contributed by atoms with Crippen molar-refractivity contribution < 1.29 is 18.7 Å². The molecule has 0 saturated carbocycles. The molecule has 0 radical (unpaired) electrons. The predicted molar refractivity (Wildman–Crippen MR) is 69.9 cm³/mol. The van der Waals surface area contributed by atoms with Crippen LogP contribution in [0.25, 0.3) is 0 Å². The summed E-state index contributed by atoms with van der Waals surface area (Å²) in [6.45, 7) is -0.236. The Kier molecular flexibility index (Phi) is 4.42. The Morgan fingerprint density at radius 3 is 2.65 bits per heavy atom. The van der Waals surface area contributed by atoms with E-state index in [2.05, 4.69) is 5.32 Å². The minimum absolute atomic E-state index is 0.169. The Morgan fingerprint density at radius 1 is 1.15 bits per heavy atom. The first-order valence-corrected chi connectivity index (χ1v) is 6.02. The second-order valence-corrected chi connectivity index (χ2v) is 4.28. The van der Waals surface area contributed by atoms with Crippen LogP contribution in [0, 0.1) is 11.6 Å². The van der Waals surface area contributed by atoms with Crippen LogP contribution in [-0.2, 0) is 13.2 Å². The van der Waals surface area contributed by atoms with E-state index in [1.807, 2.05) is 0 Å². The van der Waals surface area contributed by atoms with Crippen LogP contribution in [0.3, 0.4) is 0 Å². The number of aliphatic hydroxyl groups excluding tert-OH is 1. The Balaban J connectivity index is 2.03. The molecule has 3 nitrogen and oxygen atoms in total. The summed E-state index contributed by atoms with van der Waals surface area (Å²) in [6, 6.07) is 9.56. The first-order valence-electron chi connectivity index (χ1n) is 6.02. The molecule has 2 aromatic carbocycles. The number of carbonyl (C=O) groups is 1. The molecule has 0 aromatic heterocycles. The zero-order chi connectivity index (χ0) is 14.5. The quantitative estimate of drug-likeness (QED) is 0.901. The van der Waals surface area contributed by atoms with Gasteiger partial charge in [0, 0.05) is 17.7 Å². The first-order chi connectivity index (χ1) is 9.60. The maximum absolute atomic E-state index is 13.2. The number of halogens is 2. The van der Waals surface area contributed by atoms with E-state index in [4.69, 9.17) is 5.11 Å². The average Bonchev–Trinajstić information content (AvgIpc) is 2.46. The van der Waals surface area contributed by atoms with Gasteiger partial charge in [-0.15, -0.1) is 0 Å². The molecule has 0 spiro atoms. The van der Waals surface area contributed by atoms with Crippen molar-refractivity contribution >= 4 is 5.91 Å². The van der Waals surface area contributed by atoms with E-state index in [0.717, 1.165) is 6.07 Å². The van der Waals surface area contributed by atoms with Gasteiger partial charge in [-0.1, -0.05) is 12.1 Å². The molecule has 1 amide bonds. The lowest BCUT2D eigenvalue weighted by Crippen LogP contribution is -2.23. The molecule has 2 rings (SSSR count). The fraction of sp³-hybridized carbons (Fsp3) is 0.133. The molecule has 0 heterocycles. The number of nitrogens with one attached hydrogen (secondary N) is 1. The molecule has 0 fully saturated rings. The van der Waals surface area contributed by atoms with Crippen molar-refractivity contribution in [1.82, 2.24) is 5.32 Å². The molecule has 0 aliphatic carbocycles. The van der Waals surface area contributed by atoms with Crippen LogP contribution in [0.1, 0.15) is 21.5 Å². The van der Waals surface area contributed by atoms with Crippen LogP contribution in [0.5, 0.6) is 0 Å². The summed E-state index contributed by atoms with van der Waals surface area (Å²) in [5, 5.41) is 11.6. The third-order valence-electron chi connectivity index (χ3n) is 2.82. The Morgan fingerprint density at radius 2 is 1.95 bits per heavy atom. The van der Waals surface area contributed by atoms with Crippen LogP contribution in [-0.4, -0.2) is 11.0 Å². The maximum atomic E-state index is 13.2. The third-order valence-corrected chi connectivity index (χ3v) is 2.82. The zero-order valence-corrected chi connectivity index (χ0v) is 10.6. The van der Waals surface area contributed by atoms with Gasteiger partial charge in [-0.25, -0.2) is 8.78 Å². The lowest BCUT2D eigenvalue weighted by Gasteiger charge is -2.07. The highest BCUT2D eigenvalue weighted by Crippen LogP contribution is 2.11. The highest BCUT2D eigenvalue weighted by molar-refractivity contribution is 5.94. The SMILES string of the molecule is O=C(NCc1ccc(F)c(CO)c1)c1cccc(F)c1. The lowest BCUT2D eigenvalue weighted by molar-refractivity contribution is 0.0950. The second-order valence-electron chi connectivity index (χ2n) is 4.28. The van der Waals surface area contributed by atoms with Gasteiger partial charge < -0.3 is 10.4 Å². The Hall–Kier alpha value is -2.27. The van der Waals surface area contributed by atoms with Crippen molar-refractivity contribution in [2.75, 3.05) is 0 Å². The van der Waals surface area contributed by atoms with Crippen LogP contribution < -0.4 is 5.32 Å². The molecule has 5 heteroatoms. The third kappa shape index (κ3) is 3.39. The predicted octanol–water partition coefficient (Wildman–Crippen LogP) is 2.39. The van der Waals surface area contributed by atoms with Crippen LogP contribution >= 0.6 is 0 Å². The van der Waals surface area contributed by atoms with Gasteiger partial charge in [0.25, 0.3) is 5.91 Å². The molecule has 0 saturated heterocycles. The molecule has 0 aliphatic rings. The van der Waals surface area contributed by atoms with E-state index in [1.165, 1.54) is 36.4 Å². The van der Waals surface area contributed by atoms with E-state index in [1.54, 1.807) is 0 Å². The number of aliphatic hydroxyl groups is 1. The number of hydrogen-bond donors (Lipinski definition) is 2. The van der Waals surface area contributed by atoms with Crippen molar-refractivity contribution in [2.24, 2.45) is 0 Å². The van der Waals surface area contributed by atoms with Gasteiger partial charge in [-0.2, -0.15) is 0 Å². The Bertz CT molecular complexity index is 629. The Labute approximate surface area is 114 Å². The van der Waals surface area contributed by atoms with Gasteiger partial charge in [0.15, 0.2) is 0 Å². The van der Waals surface area contributed by atoms with Crippen LogP contribution in [0.15, 0.2) is 42.5 Å². The summed E-state index contributed by atoms with van der Waals surface area (Å²) in [5.74, 6) is -1.39. The minimum atomic E-state index is -0.493. The maximum Gasteiger partial charge on any atom is 0.251 e. The molecule has 0 atom stereocenters. The molecule has 20 heavy (non-hydrogen) atoms. The van der Waals surface area contributed by atoms with E-state index < -0.39 is 24.1 Å². The van der Waals surface area contributed by atoms with Crippen LogP contribution in [0.4, 0.5) is 8.78 Å². The van der Waals surface area contributed by atoms with Gasteiger partial charge in [-0.3, -0.25) is 4.79 Å². The molecular weight excluding hydrogens is 264 g/mol. The number of amides is 1. The summed E-state index contributed by atoms with van der Waals surface area (Å²) >= 11 is 0. The van der Waals surface area contributed by atoms with Gasteiger partial charge in [0.1, 0.15) is 11.6 Å². The molecule has 104 valence electrons. The standard InChI is InChI=1S/C15H13F2NO2/c16-13-3-1-2-11(7-13)15(20)18-8-10-4-5-14(17)12(6-10)9-19/h1-7,19H,8-9H2,(H,18,20). The van der Waals surface area contributed by atoms with Crippen molar-refractivity contribution in [1.29, 1.82) is 0 Å². The fourth-order valence-corrected chi connectivity index (χ4v) is 1.77. The normalized spacial score (nSPS) is 10.3. The summed E-state index contributed by atoms with van der Waals surface area (Å²) in [7, 11) is 0. The second kappa shape index (κ2) is 6.25. The highest BCUT2D eigenvalue weighted by atomic mass is 19.1. The molecule has 0 unspecified atom stereocenters. The highest BCUT2D eigenvalue weighted by Gasteiger charge is 2.07. The summed E-state index contributed by atoms with van der Waals surface area (Å²) < 4.78 is 26.2. The molecule has 2 aromatic rings. The fourth-order valence-electron chi connectivity index (χ4n) is 1.77. The average molecular weight is 277 g/mol. The topological polar surface area (TPSA) is 49.3 Å². The van der Waals surface area contributed by atoms with E-state index in [0.29, 0.717) is 5.56 Å². The van der Waals surface area contributed by atoms with Crippen molar-refractivity contribution in [2.45, 2.75) is 13.2 Å². The number of rotatable bonds is 4. The minimum Gasteiger partial charge on any atom is -0.392 e. The monoisotopic (exact) mass is 277 g/mol. The molecule has 0 bridgehead atoms. The van der Waals surface area contributed by atoms with Crippen LogP contribution in [0.2, 0.25) is 0 Å². The molecular formula is C15H13F2NO2. The summed E-state index contributed by atoms with van der Waals surface area (Å²) in [6.07, 6.45) is 0. The van der Waals surface area contributed by atoms with Crippen molar-refractivity contribution in [3.63, 3.8) is 0 Å². The van der Waals surface area contributed by atoms with Crippen molar-refractivity contribution in [3.05, 3.63) is 70.8 Å². The molecule has 0 aliphatic heterocycles. The number of benzene rings is 2. The van der Waals surface area contributed by atoms with E-state index >= 15 is 0 Å². The number of hydrogen-bond acceptors (Lipinski definition) is 2. The molecule has 2 N–H and O–H groups in total. The van der Waals surface area contributed by atoms with Gasteiger partial charge in [0.2, 0.25) is 0 Å². The largest absolute Gasteiger partial charge is 0.392 e. The smallest absolute Gasteiger partial charge is 0.251 e. The van der Waals surface area contributed by atoms with Gasteiger partial charge in [0.05, 0.1) is 6.61 Å². The van der Waals surface area contributed by atoms with Crippen molar-refractivity contribution in [3.8, 4) is 0 Å². The first kappa shape index (κ1) is 14.1. The number of carbonyl (C=O) groups excluding carboxylic acids is 1. The van der Waals surface area contributed by atoms with E-state index in [9.17, 15) is 13.6 Å². The summed E-state index contributed by atoms with van der Waals surface area (Å²) in [5.41, 5.74) is 1.04. The van der Waals surface area contributed by atoms with Gasteiger partial charge in [-0.05, 0) is 35.9 Å². The zero-order valence-electron chi connectivity index (χ0n) is 10.6. The lowest BCUT2D eigenvalue weighted by atomic mass is 10.1.